The maximum absolute atomic E-state index is 5.84. The average molecular weight is 213 g/mol. The fourth-order valence-corrected chi connectivity index (χ4v) is 1.99. The molecule has 1 aliphatic rings. The minimum Gasteiger partial charge on any atom is -0.377 e. The second kappa shape index (κ2) is 6.49. The Morgan fingerprint density at radius 2 is 1.80 bits per heavy atom. The summed E-state index contributed by atoms with van der Waals surface area (Å²) in [6.45, 7) is 9.70. The largest absolute Gasteiger partial charge is 0.377 e. The molecule has 0 spiro atoms. The molecule has 0 aromatic heterocycles. The van der Waals surface area contributed by atoms with Crippen molar-refractivity contribution in [1.82, 2.24) is 5.32 Å². The van der Waals surface area contributed by atoms with Crippen LogP contribution in [0.3, 0.4) is 0 Å². The molecule has 90 valence electrons. The Labute approximate surface area is 94.8 Å². The summed E-state index contributed by atoms with van der Waals surface area (Å²) in [4.78, 5) is 0. The van der Waals surface area contributed by atoms with Crippen molar-refractivity contribution < 1.29 is 4.74 Å². The Morgan fingerprint density at radius 3 is 2.40 bits per heavy atom. The van der Waals surface area contributed by atoms with Gasteiger partial charge in [-0.05, 0) is 18.3 Å². The summed E-state index contributed by atoms with van der Waals surface area (Å²) in [5.41, 5.74) is 0.380. The van der Waals surface area contributed by atoms with Crippen LogP contribution in [0.5, 0.6) is 0 Å². The first-order chi connectivity index (χ1) is 7.08. The molecule has 0 aromatic carbocycles. The predicted molar refractivity (Wildman–Crippen MR) is 65.1 cm³/mol. The molecule has 2 nitrogen and oxygen atoms in total. The van der Waals surface area contributed by atoms with E-state index in [1.807, 2.05) is 0 Å². The third-order valence-corrected chi connectivity index (χ3v) is 2.84. The molecular weight excluding hydrogens is 186 g/mol. The second-order valence-electron chi connectivity index (χ2n) is 5.87. The van der Waals surface area contributed by atoms with Gasteiger partial charge in [0.15, 0.2) is 0 Å². The van der Waals surface area contributed by atoms with Gasteiger partial charge in [-0.3, -0.25) is 0 Å². The molecule has 0 heterocycles. The third kappa shape index (κ3) is 6.91. The highest BCUT2D eigenvalue weighted by atomic mass is 16.5. The van der Waals surface area contributed by atoms with Crippen LogP contribution in [0.4, 0.5) is 0 Å². The summed E-state index contributed by atoms with van der Waals surface area (Å²) in [5, 5.41) is 3.44. The molecule has 0 atom stereocenters. The topological polar surface area (TPSA) is 21.3 Å². The quantitative estimate of drug-likeness (QED) is 0.709. The van der Waals surface area contributed by atoms with Crippen LogP contribution in [0.2, 0.25) is 0 Å². The maximum atomic E-state index is 5.84. The number of hydrogen-bond donors (Lipinski definition) is 1. The Morgan fingerprint density at radius 1 is 1.13 bits per heavy atom. The normalized spacial score (nSPS) is 19.4. The first kappa shape index (κ1) is 13.0. The molecule has 1 aliphatic carbocycles. The maximum Gasteiger partial charge on any atom is 0.0594 e. The lowest BCUT2D eigenvalue weighted by atomic mass is 9.97. The molecule has 0 aromatic rings. The van der Waals surface area contributed by atoms with Crippen molar-refractivity contribution in [2.24, 2.45) is 5.41 Å². The van der Waals surface area contributed by atoms with Gasteiger partial charge in [-0.1, -0.05) is 40.0 Å². The van der Waals surface area contributed by atoms with Gasteiger partial charge >= 0.3 is 0 Å². The van der Waals surface area contributed by atoms with Crippen molar-refractivity contribution >= 4 is 0 Å². The minimum absolute atomic E-state index is 0.380. The molecule has 0 amide bonds. The van der Waals surface area contributed by atoms with Crippen LogP contribution in [0.1, 0.15) is 52.9 Å². The highest BCUT2D eigenvalue weighted by molar-refractivity contribution is 4.66. The Balaban J connectivity index is 1.92. The lowest BCUT2D eigenvalue weighted by Gasteiger charge is -2.23. The second-order valence-corrected chi connectivity index (χ2v) is 5.87. The van der Waals surface area contributed by atoms with Gasteiger partial charge in [0.25, 0.3) is 0 Å². The molecule has 0 saturated heterocycles. The zero-order valence-corrected chi connectivity index (χ0v) is 10.6. The van der Waals surface area contributed by atoms with Gasteiger partial charge in [-0.25, -0.2) is 0 Å². The van der Waals surface area contributed by atoms with Crippen molar-refractivity contribution in [1.29, 1.82) is 0 Å². The summed E-state index contributed by atoms with van der Waals surface area (Å²) in [6, 6.07) is 0. The van der Waals surface area contributed by atoms with E-state index in [-0.39, 0.29) is 0 Å². The van der Waals surface area contributed by atoms with Gasteiger partial charge in [-0.15, -0.1) is 0 Å². The van der Waals surface area contributed by atoms with E-state index in [1.54, 1.807) is 0 Å². The highest BCUT2D eigenvalue weighted by Gasteiger charge is 2.13. The molecule has 1 rings (SSSR count). The number of hydrogen-bond acceptors (Lipinski definition) is 2. The molecule has 1 N–H and O–H groups in total. The van der Waals surface area contributed by atoms with Gasteiger partial charge in [0.2, 0.25) is 0 Å². The van der Waals surface area contributed by atoms with Crippen LogP contribution in [-0.2, 0) is 4.74 Å². The van der Waals surface area contributed by atoms with Gasteiger partial charge < -0.3 is 10.1 Å². The zero-order valence-electron chi connectivity index (χ0n) is 10.6. The minimum atomic E-state index is 0.380. The van der Waals surface area contributed by atoms with Crippen LogP contribution < -0.4 is 5.32 Å². The van der Waals surface area contributed by atoms with E-state index >= 15 is 0 Å². The van der Waals surface area contributed by atoms with Crippen LogP contribution >= 0.6 is 0 Å². The lowest BCUT2D eigenvalue weighted by Crippen LogP contribution is -2.31. The summed E-state index contributed by atoms with van der Waals surface area (Å²) in [5.74, 6) is 0. The molecule has 0 unspecified atom stereocenters. The van der Waals surface area contributed by atoms with E-state index in [0.717, 1.165) is 19.7 Å². The Hall–Kier alpha value is -0.0800. The summed E-state index contributed by atoms with van der Waals surface area (Å²) >= 11 is 0. The number of rotatable bonds is 5. The number of nitrogens with one attached hydrogen (secondary N) is 1. The van der Waals surface area contributed by atoms with Gasteiger partial charge in [0.05, 0.1) is 12.7 Å². The third-order valence-electron chi connectivity index (χ3n) is 2.84. The van der Waals surface area contributed by atoms with E-state index in [9.17, 15) is 0 Å². The molecule has 1 fully saturated rings. The van der Waals surface area contributed by atoms with E-state index in [4.69, 9.17) is 4.74 Å². The standard InChI is InChI=1S/C13H27NO/c1-13(2,3)11-14-9-10-15-12-7-5-4-6-8-12/h12,14H,4-11H2,1-3H3. The molecular formula is C13H27NO. The first-order valence-electron chi connectivity index (χ1n) is 6.40. The van der Waals surface area contributed by atoms with E-state index in [0.29, 0.717) is 11.5 Å². The van der Waals surface area contributed by atoms with E-state index in [2.05, 4.69) is 26.1 Å². The van der Waals surface area contributed by atoms with E-state index in [1.165, 1.54) is 32.1 Å². The molecule has 0 aliphatic heterocycles. The SMILES string of the molecule is CC(C)(C)CNCCOC1CCCCC1. The van der Waals surface area contributed by atoms with Crippen molar-refractivity contribution in [2.45, 2.75) is 59.0 Å². The highest BCUT2D eigenvalue weighted by Crippen LogP contribution is 2.19. The van der Waals surface area contributed by atoms with Gasteiger partial charge in [0.1, 0.15) is 0 Å². The smallest absolute Gasteiger partial charge is 0.0594 e. The Bertz CT molecular complexity index is 156. The summed E-state index contributed by atoms with van der Waals surface area (Å²) in [7, 11) is 0. The fraction of sp³-hybridized carbons (Fsp3) is 1.00. The summed E-state index contributed by atoms with van der Waals surface area (Å²) in [6.07, 6.45) is 7.23. The van der Waals surface area contributed by atoms with Crippen molar-refractivity contribution in [3.63, 3.8) is 0 Å². The van der Waals surface area contributed by atoms with Crippen molar-refractivity contribution in [2.75, 3.05) is 19.7 Å². The molecule has 0 radical (unpaired) electrons. The number of ether oxygens (including phenoxy) is 1. The van der Waals surface area contributed by atoms with Gasteiger partial charge in [0, 0.05) is 13.1 Å². The van der Waals surface area contributed by atoms with E-state index < -0.39 is 0 Å². The summed E-state index contributed by atoms with van der Waals surface area (Å²) < 4.78 is 5.84. The lowest BCUT2D eigenvalue weighted by molar-refractivity contribution is 0.0297. The van der Waals surface area contributed by atoms with Crippen molar-refractivity contribution in [3.05, 3.63) is 0 Å². The monoisotopic (exact) mass is 213 g/mol. The van der Waals surface area contributed by atoms with Crippen molar-refractivity contribution in [3.8, 4) is 0 Å². The fourth-order valence-electron chi connectivity index (χ4n) is 1.99. The molecule has 15 heavy (non-hydrogen) atoms. The average Bonchev–Trinajstić information content (AvgIpc) is 2.17. The molecule has 0 bridgehead atoms. The molecule has 1 saturated carbocycles. The van der Waals surface area contributed by atoms with Crippen LogP contribution in [0.15, 0.2) is 0 Å². The van der Waals surface area contributed by atoms with Crippen LogP contribution in [-0.4, -0.2) is 25.8 Å². The zero-order chi connectivity index (χ0) is 11.1. The van der Waals surface area contributed by atoms with Crippen LogP contribution in [0, 0.1) is 5.41 Å². The molecule has 2 heteroatoms. The van der Waals surface area contributed by atoms with Gasteiger partial charge in [-0.2, -0.15) is 0 Å². The Kier molecular flexibility index (Phi) is 5.62. The van der Waals surface area contributed by atoms with Crippen LogP contribution in [0.25, 0.3) is 0 Å². The first-order valence-corrected chi connectivity index (χ1v) is 6.40. The predicted octanol–water partition coefficient (Wildman–Crippen LogP) is 2.97.